The molecule has 204 valence electrons. The molecule has 0 fully saturated rings. The number of nitrogens with one attached hydrogen (secondary N) is 2. The number of hydrogen-bond acceptors (Lipinski definition) is 3. The van der Waals surface area contributed by atoms with Gasteiger partial charge < -0.3 is 15.2 Å². The Morgan fingerprint density at radius 3 is 2.29 bits per heavy atom. The molecular weight excluding hydrogens is 532 g/mol. The summed E-state index contributed by atoms with van der Waals surface area (Å²) >= 11 is 0. The summed E-state index contributed by atoms with van der Waals surface area (Å²) in [6.45, 7) is 0.452. The Labute approximate surface area is 232 Å². The number of aromatic nitrogens is 2. The van der Waals surface area contributed by atoms with Crippen molar-refractivity contribution in [2.24, 2.45) is 0 Å². The molecule has 0 spiro atoms. The number of halogens is 4. The maximum Gasteiger partial charge on any atom is 0.433 e. The largest absolute Gasteiger partial charge is 0.433 e. The number of para-hydroxylation sites is 2. The number of carbonyl (C=O) groups is 1. The average Bonchev–Trinajstić information content (AvgIpc) is 3.32. The Hall–Kier alpha value is -5.18. The molecule has 1 amide bonds. The zero-order chi connectivity index (χ0) is 28.6. The lowest BCUT2D eigenvalue weighted by Crippen LogP contribution is -2.12. The summed E-state index contributed by atoms with van der Waals surface area (Å²) in [6.07, 6.45) is -2.85. The van der Waals surface area contributed by atoms with Crippen LogP contribution in [0, 0.1) is 5.82 Å². The number of rotatable bonds is 6. The van der Waals surface area contributed by atoms with Gasteiger partial charge in [-0.25, -0.2) is 9.37 Å². The molecule has 0 aliphatic rings. The van der Waals surface area contributed by atoms with Crippen molar-refractivity contribution in [2.45, 2.75) is 12.7 Å². The molecule has 0 unspecified atom stereocenters. The van der Waals surface area contributed by atoms with Crippen molar-refractivity contribution in [2.75, 3.05) is 10.6 Å². The highest BCUT2D eigenvalue weighted by Gasteiger charge is 2.33. The predicted molar refractivity (Wildman–Crippen MR) is 152 cm³/mol. The van der Waals surface area contributed by atoms with Gasteiger partial charge in [0.1, 0.15) is 11.5 Å². The van der Waals surface area contributed by atoms with Crippen molar-refractivity contribution in [3.63, 3.8) is 0 Å². The number of nitrogens with zero attached hydrogens (tertiary/aromatic N) is 2. The highest BCUT2D eigenvalue weighted by atomic mass is 19.4. The second-order valence-electron chi connectivity index (χ2n) is 9.54. The molecule has 0 aliphatic heterocycles. The molecule has 6 aromatic rings. The van der Waals surface area contributed by atoms with Gasteiger partial charge in [-0.15, -0.1) is 0 Å². The minimum absolute atomic E-state index is 0.214. The van der Waals surface area contributed by atoms with Gasteiger partial charge in [0.15, 0.2) is 0 Å². The van der Waals surface area contributed by atoms with Crippen LogP contribution in [0.1, 0.15) is 21.6 Å². The SMILES string of the molecule is O=C(Nc1cccc(Nc2cc(C(F)(F)F)nc3ccccc23)c1)c1cn(Cc2ccc(F)cc2)c2ccccc12. The van der Waals surface area contributed by atoms with Gasteiger partial charge in [-0.1, -0.05) is 54.6 Å². The summed E-state index contributed by atoms with van der Waals surface area (Å²) in [7, 11) is 0. The van der Waals surface area contributed by atoms with Gasteiger partial charge in [-0.05, 0) is 54.1 Å². The summed E-state index contributed by atoms with van der Waals surface area (Å²) in [6, 6.07) is 28.0. The normalized spacial score (nSPS) is 11.6. The Bertz CT molecular complexity index is 1890. The van der Waals surface area contributed by atoms with Crippen molar-refractivity contribution in [1.82, 2.24) is 9.55 Å². The fourth-order valence-corrected chi connectivity index (χ4v) is 4.80. The molecule has 5 nitrogen and oxygen atoms in total. The minimum atomic E-state index is -4.60. The molecule has 0 aliphatic carbocycles. The summed E-state index contributed by atoms with van der Waals surface area (Å²) < 4.78 is 55.8. The monoisotopic (exact) mass is 554 g/mol. The first-order valence-corrected chi connectivity index (χ1v) is 12.7. The molecule has 2 heterocycles. The van der Waals surface area contributed by atoms with Gasteiger partial charge in [-0.3, -0.25) is 4.79 Å². The predicted octanol–water partition coefficient (Wildman–Crippen LogP) is 8.39. The lowest BCUT2D eigenvalue weighted by atomic mass is 10.1. The Balaban J connectivity index is 1.28. The number of carbonyl (C=O) groups excluding carboxylic acids is 1. The van der Waals surface area contributed by atoms with E-state index in [4.69, 9.17) is 0 Å². The minimum Gasteiger partial charge on any atom is -0.355 e. The highest BCUT2D eigenvalue weighted by Crippen LogP contribution is 2.34. The van der Waals surface area contributed by atoms with E-state index < -0.39 is 11.9 Å². The fraction of sp³-hybridized carbons (Fsp3) is 0.0625. The van der Waals surface area contributed by atoms with Gasteiger partial charge in [-0.2, -0.15) is 13.2 Å². The number of alkyl halides is 3. The van der Waals surface area contributed by atoms with Gasteiger partial charge in [0.05, 0.1) is 16.8 Å². The molecular formula is C32H22F4N4O. The molecule has 0 atom stereocenters. The number of anilines is 3. The Kier molecular flexibility index (Phi) is 6.62. The number of pyridine rings is 1. The standard InChI is InChI=1S/C32H22F4N4O/c33-21-14-12-20(13-15-21)18-40-19-26(24-8-2-4-11-29(24)40)31(41)38-23-7-5-6-22(16-23)37-28-17-30(32(34,35)36)39-27-10-3-1-9-25(27)28/h1-17,19H,18H2,(H,37,39)(H,38,41). The molecule has 0 bridgehead atoms. The van der Waals surface area contributed by atoms with E-state index in [9.17, 15) is 22.4 Å². The van der Waals surface area contributed by atoms with Crippen LogP contribution in [0.4, 0.5) is 34.6 Å². The first kappa shape index (κ1) is 26.1. The van der Waals surface area contributed by atoms with Crippen molar-refractivity contribution >= 4 is 44.8 Å². The van der Waals surface area contributed by atoms with Crippen LogP contribution in [0.2, 0.25) is 0 Å². The zero-order valence-corrected chi connectivity index (χ0v) is 21.4. The molecule has 6 rings (SSSR count). The molecule has 9 heteroatoms. The van der Waals surface area contributed by atoms with Crippen LogP contribution in [0.15, 0.2) is 109 Å². The van der Waals surface area contributed by atoms with E-state index in [1.807, 2.05) is 28.8 Å². The first-order chi connectivity index (χ1) is 19.7. The van der Waals surface area contributed by atoms with Crippen LogP contribution in [0.5, 0.6) is 0 Å². The van der Waals surface area contributed by atoms with Crippen LogP contribution < -0.4 is 10.6 Å². The molecule has 4 aromatic carbocycles. The van der Waals surface area contributed by atoms with E-state index >= 15 is 0 Å². The third kappa shape index (κ3) is 5.47. The summed E-state index contributed by atoms with van der Waals surface area (Å²) in [5.74, 6) is -0.661. The number of amides is 1. The Morgan fingerprint density at radius 1 is 0.805 bits per heavy atom. The lowest BCUT2D eigenvalue weighted by Gasteiger charge is -2.14. The summed E-state index contributed by atoms with van der Waals surface area (Å²) in [5, 5.41) is 7.24. The lowest BCUT2D eigenvalue weighted by molar-refractivity contribution is -0.140. The third-order valence-corrected chi connectivity index (χ3v) is 6.71. The molecule has 2 aromatic heterocycles. The van der Waals surface area contributed by atoms with E-state index in [2.05, 4.69) is 15.6 Å². The quantitative estimate of drug-likeness (QED) is 0.203. The molecule has 2 N–H and O–H groups in total. The molecule has 0 radical (unpaired) electrons. The first-order valence-electron chi connectivity index (χ1n) is 12.7. The number of hydrogen-bond donors (Lipinski definition) is 2. The Morgan fingerprint density at radius 2 is 1.51 bits per heavy atom. The van der Waals surface area contributed by atoms with Crippen molar-refractivity contribution in [1.29, 1.82) is 0 Å². The van der Waals surface area contributed by atoms with Gasteiger partial charge in [0.2, 0.25) is 0 Å². The van der Waals surface area contributed by atoms with Gasteiger partial charge in [0, 0.05) is 40.4 Å². The zero-order valence-electron chi connectivity index (χ0n) is 21.4. The fourth-order valence-electron chi connectivity index (χ4n) is 4.80. The molecule has 0 saturated heterocycles. The van der Waals surface area contributed by atoms with Crippen molar-refractivity contribution in [3.05, 3.63) is 132 Å². The van der Waals surface area contributed by atoms with Crippen LogP contribution in [0.3, 0.4) is 0 Å². The summed E-state index contributed by atoms with van der Waals surface area (Å²) in [5.41, 5.74) is 2.60. The maximum absolute atomic E-state index is 13.5. The van der Waals surface area contributed by atoms with E-state index in [0.717, 1.165) is 22.5 Å². The van der Waals surface area contributed by atoms with Crippen molar-refractivity contribution in [3.8, 4) is 0 Å². The third-order valence-electron chi connectivity index (χ3n) is 6.71. The number of benzene rings is 4. The van der Waals surface area contributed by atoms with E-state index in [1.165, 1.54) is 18.2 Å². The molecule has 0 saturated carbocycles. The molecule has 41 heavy (non-hydrogen) atoms. The average molecular weight is 555 g/mol. The maximum atomic E-state index is 13.5. The van der Waals surface area contributed by atoms with E-state index in [0.29, 0.717) is 28.9 Å². The summed E-state index contributed by atoms with van der Waals surface area (Å²) in [4.78, 5) is 17.2. The van der Waals surface area contributed by atoms with Gasteiger partial charge >= 0.3 is 6.18 Å². The highest BCUT2D eigenvalue weighted by molar-refractivity contribution is 6.13. The van der Waals surface area contributed by atoms with Crippen LogP contribution in [0.25, 0.3) is 21.8 Å². The number of fused-ring (bicyclic) bond motifs is 2. The van der Waals surface area contributed by atoms with Crippen LogP contribution in [-0.4, -0.2) is 15.5 Å². The second-order valence-corrected chi connectivity index (χ2v) is 9.54. The topological polar surface area (TPSA) is 59.0 Å². The van der Waals surface area contributed by atoms with Gasteiger partial charge in [0.25, 0.3) is 5.91 Å². The second kappa shape index (κ2) is 10.4. The van der Waals surface area contributed by atoms with E-state index in [-0.39, 0.29) is 22.9 Å². The van der Waals surface area contributed by atoms with Crippen LogP contribution in [-0.2, 0) is 12.7 Å². The van der Waals surface area contributed by atoms with Crippen LogP contribution >= 0.6 is 0 Å². The van der Waals surface area contributed by atoms with E-state index in [1.54, 1.807) is 60.8 Å². The smallest absolute Gasteiger partial charge is 0.355 e. The van der Waals surface area contributed by atoms with Crippen molar-refractivity contribution < 1.29 is 22.4 Å².